The van der Waals surface area contributed by atoms with E-state index in [2.05, 4.69) is 55.3 Å². The van der Waals surface area contributed by atoms with Gasteiger partial charge in [-0.2, -0.15) is 0 Å². The molecule has 8 heteroatoms. The summed E-state index contributed by atoms with van der Waals surface area (Å²) in [7, 11) is 0. The fraction of sp³-hybridized carbons (Fsp3) is 0.562. The number of fused-ring (bicyclic) bond motifs is 3. The first kappa shape index (κ1) is 25.7. The van der Waals surface area contributed by atoms with Crippen LogP contribution in [0, 0.1) is 23.7 Å². The van der Waals surface area contributed by atoms with Gasteiger partial charge in [0.05, 0.1) is 5.92 Å². The van der Waals surface area contributed by atoms with Crippen molar-refractivity contribution in [1.82, 2.24) is 19.2 Å². The van der Waals surface area contributed by atoms with Gasteiger partial charge in [0.1, 0.15) is 11.5 Å². The third-order valence-electron chi connectivity index (χ3n) is 9.66. The summed E-state index contributed by atoms with van der Waals surface area (Å²) in [6.45, 7) is 9.04. The molecule has 0 N–H and O–H groups in total. The van der Waals surface area contributed by atoms with Crippen molar-refractivity contribution in [3.63, 3.8) is 0 Å². The predicted molar refractivity (Wildman–Crippen MR) is 155 cm³/mol. The number of nitrogens with zero attached hydrogens (tertiary/aromatic N) is 5. The van der Waals surface area contributed by atoms with Gasteiger partial charge in [-0.05, 0) is 66.8 Å². The lowest BCUT2D eigenvalue weighted by Gasteiger charge is -2.48. The number of hydrogen-bond acceptors (Lipinski definition) is 6. The van der Waals surface area contributed by atoms with Gasteiger partial charge in [-0.3, -0.25) is 9.20 Å². The molecular formula is C32H41N5O3. The molecule has 3 fully saturated rings. The van der Waals surface area contributed by atoms with Gasteiger partial charge in [-0.15, -0.1) is 0 Å². The number of piperazine rings is 1. The fourth-order valence-electron chi connectivity index (χ4n) is 7.78. The topological polar surface area (TPSA) is 62.6 Å². The van der Waals surface area contributed by atoms with E-state index in [4.69, 9.17) is 9.47 Å². The second-order valence-electron chi connectivity index (χ2n) is 12.4. The Kier molecular flexibility index (Phi) is 7.04. The van der Waals surface area contributed by atoms with Gasteiger partial charge in [-0.25, -0.2) is 4.98 Å². The molecule has 4 aliphatic rings. The Bertz CT molecular complexity index is 1350. The summed E-state index contributed by atoms with van der Waals surface area (Å²) < 4.78 is 13.2. The van der Waals surface area contributed by atoms with E-state index in [-0.39, 0.29) is 5.92 Å². The zero-order chi connectivity index (χ0) is 27.1. The van der Waals surface area contributed by atoms with Crippen LogP contribution in [0.5, 0.6) is 11.5 Å². The van der Waals surface area contributed by atoms with Crippen molar-refractivity contribution in [2.24, 2.45) is 23.7 Å². The maximum absolute atomic E-state index is 14.1. The minimum absolute atomic E-state index is 0.125. The predicted octanol–water partition coefficient (Wildman–Crippen LogP) is 4.33. The van der Waals surface area contributed by atoms with Crippen LogP contribution < -0.4 is 14.4 Å². The minimum Gasteiger partial charge on any atom is -0.454 e. The van der Waals surface area contributed by atoms with Gasteiger partial charge in [0.25, 0.3) is 0 Å². The van der Waals surface area contributed by atoms with Crippen LogP contribution in [0.1, 0.15) is 38.2 Å². The minimum atomic E-state index is 0.125. The second-order valence-corrected chi connectivity index (χ2v) is 12.4. The van der Waals surface area contributed by atoms with Crippen molar-refractivity contribution in [3.8, 4) is 11.5 Å². The zero-order valence-corrected chi connectivity index (χ0v) is 23.6. The number of aromatic nitrogens is 2. The maximum atomic E-state index is 14.1. The Labute approximate surface area is 236 Å². The SMILES string of the molecule is CC(Cc1ccc2c(c1)OCO2)CN1CC2CCCCC2C(C(=O)N2CCN(c3cccc4nccn34)CC2)C1. The smallest absolute Gasteiger partial charge is 0.231 e. The number of carbonyl (C=O) groups excluding carboxylic acids is 1. The number of pyridine rings is 1. The number of likely N-dealkylation sites (tertiary alicyclic amines) is 1. The van der Waals surface area contributed by atoms with Crippen molar-refractivity contribution in [1.29, 1.82) is 0 Å². The molecule has 2 aromatic heterocycles. The highest BCUT2D eigenvalue weighted by molar-refractivity contribution is 5.80. The van der Waals surface area contributed by atoms with Crippen molar-refractivity contribution in [2.45, 2.75) is 39.0 Å². The molecule has 0 radical (unpaired) electrons. The lowest BCUT2D eigenvalue weighted by atomic mass is 9.69. The molecular weight excluding hydrogens is 502 g/mol. The molecule has 3 aromatic rings. The van der Waals surface area contributed by atoms with Crippen molar-refractivity contribution in [2.75, 3.05) is 57.5 Å². The number of imidazole rings is 1. The first-order chi connectivity index (χ1) is 19.6. The molecule has 8 nitrogen and oxygen atoms in total. The molecule has 1 aromatic carbocycles. The first-order valence-electron chi connectivity index (χ1n) is 15.2. The normalized spacial score (nSPS) is 25.7. The largest absolute Gasteiger partial charge is 0.454 e. The summed E-state index contributed by atoms with van der Waals surface area (Å²) in [5, 5.41) is 0. The van der Waals surface area contributed by atoms with E-state index in [0.29, 0.717) is 30.5 Å². The Hall–Kier alpha value is -3.26. The van der Waals surface area contributed by atoms with Crippen molar-refractivity contribution < 1.29 is 14.3 Å². The lowest BCUT2D eigenvalue weighted by Crippen LogP contribution is -2.57. The number of anilines is 1. The van der Waals surface area contributed by atoms with Gasteiger partial charge in [0.2, 0.25) is 12.7 Å². The summed E-state index contributed by atoms with van der Waals surface area (Å²) in [4.78, 5) is 25.7. The molecule has 3 aliphatic heterocycles. The molecule has 40 heavy (non-hydrogen) atoms. The van der Waals surface area contributed by atoms with E-state index in [1.165, 1.54) is 31.2 Å². The number of hydrogen-bond donors (Lipinski definition) is 0. The summed E-state index contributed by atoms with van der Waals surface area (Å²) in [6.07, 6.45) is 9.94. The molecule has 7 rings (SSSR count). The number of benzene rings is 1. The highest BCUT2D eigenvalue weighted by atomic mass is 16.7. The highest BCUT2D eigenvalue weighted by Gasteiger charge is 2.43. The lowest BCUT2D eigenvalue weighted by molar-refractivity contribution is -0.142. The number of carbonyl (C=O) groups is 1. The van der Waals surface area contributed by atoms with E-state index >= 15 is 0 Å². The average Bonchev–Trinajstić information content (AvgIpc) is 3.66. The standard InChI is InChI=1S/C32H41N5O3/c1-23(17-24-9-10-28-29(18-24)40-22-39-28)19-34-20-25-5-2-3-6-26(25)27(21-34)32(38)36-15-13-35(14-16-36)31-8-4-7-30-33-11-12-37(30)31/h4,7-12,18,23,25-27H,2-3,5-6,13-17,19-22H2,1H3. The first-order valence-corrected chi connectivity index (χ1v) is 15.2. The molecule has 4 atom stereocenters. The number of piperidine rings is 1. The number of amides is 1. The monoisotopic (exact) mass is 543 g/mol. The van der Waals surface area contributed by atoms with Crippen LogP contribution in [-0.2, 0) is 11.2 Å². The van der Waals surface area contributed by atoms with Gasteiger partial charge >= 0.3 is 0 Å². The van der Waals surface area contributed by atoms with Crippen LogP contribution >= 0.6 is 0 Å². The van der Waals surface area contributed by atoms with Crippen molar-refractivity contribution >= 4 is 17.4 Å². The van der Waals surface area contributed by atoms with Crippen LogP contribution in [0.3, 0.4) is 0 Å². The number of ether oxygens (including phenoxy) is 2. The van der Waals surface area contributed by atoms with E-state index in [1.807, 2.05) is 24.5 Å². The van der Waals surface area contributed by atoms with Crippen LogP contribution in [0.2, 0.25) is 0 Å². The molecule has 5 heterocycles. The molecule has 0 bridgehead atoms. The van der Waals surface area contributed by atoms with E-state index in [1.54, 1.807) is 0 Å². The molecule has 2 saturated heterocycles. The summed E-state index contributed by atoms with van der Waals surface area (Å²) in [5.74, 6) is 5.08. The van der Waals surface area contributed by atoms with Crippen LogP contribution in [0.15, 0.2) is 48.8 Å². The molecule has 1 saturated carbocycles. The van der Waals surface area contributed by atoms with Crippen LogP contribution in [0.4, 0.5) is 5.82 Å². The van der Waals surface area contributed by atoms with Gasteiger partial charge in [0.15, 0.2) is 11.5 Å². The number of rotatable bonds is 6. The summed E-state index contributed by atoms with van der Waals surface area (Å²) in [5.41, 5.74) is 2.26. The maximum Gasteiger partial charge on any atom is 0.231 e. The van der Waals surface area contributed by atoms with Gasteiger partial charge in [0, 0.05) is 58.2 Å². The molecule has 0 spiro atoms. The molecule has 4 unspecified atom stereocenters. The van der Waals surface area contributed by atoms with Crippen LogP contribution in [0.25, 0.3) is 5.65 Å². The second kappa shape index (κ2) is 11.0. The Morgan fingerprint density at radius 2 is 1.88 bits per heavy atom. The molecule has 1 aliphatic carbocycles. The molecule has 1 amide bonds. The fourth-order valence-corrected chi connectivity index (χ4v) is 7.78. The van der Waals surface area contributed by atoms with Crippen LogP contribution in [-0.4, -0.2) is 77.7 Å². The Morgan fingerprint density at radius 1 is 1.02 bits per heavy atom. The summed E-state index contributed by atoms with van der Waals surface area (Å²) in [6, 6.07) is 12.6. The third-order valence-corrected chi connectivity index (χ3v) is 9.66. The zero-order valence-electron chi connectivity index (χ0n) is 23.6. The summed E-state index contributed by atoms with van der Waals surface area (Å²) >= 11 is 0. The van der Waals surface area contributed by atoms with E-state index < -0.39 is 0 Å². The molecule has 212 valence electrons. The highest BCUT2D eigenvalue weighted by Crippen LogP contribution is 2.41. The van der Waals surface area contributed by atoms with Gasteiger partial charge in [-0.1, -0.05) is 31.9 Å². The Balaban J connectivity index is 0.999. The van der Waals surface area contributed by atoms with Gasteiger partial charge < -0.3 is 24.2 Å². The third kappa shape index (κ3) is 5.02. The van der Waals surface area contributed by atoms with Crippen molar-refractivity contribution in [3.05, 3.63) is 54.4 Å². The average molecular weight is 544 g/mol. The Morgan fingerprint density at radius 3 is 2.77 bits per heavy atom. The quantitative estimate of drug-likeness (QED) is 0.461. The van der Waals surface area contributed by atoms with E-state index in [9.17, 15) is 4.79 Å². The van der Waals surface area contributed by atoms with E-state index in [0.717, 1.165) is 75.2 Å².